The molecule has 1 unspecified atom stereocenters. The van der Waals surface area contributed by atoms with Gasteiger partial charge in [0.25, 0.3) is 0 Å². The molecule has 0 rings (SSSR count). The normalized spacial score (nSPS) is 11.8. The molecule has 28 heavy (non-hydrogen) atoms. The summed E-state index contributed by atoms with van der Waals surface area (Å²) in [5, 5.41) is 0. The van der Waals surface area contributed by atoms with E-state index >= 15 is 0 Å². The number of rotatable bonds is 21. The SMILES string of the molecule is CCCCCCCCCCCCOC(=O)C(C)CCCCCCCCCC.[NaH]. The van der Waals surface area contributed by atoms with Gasteiger partial charge in [0.1, 0.15) is 0 Å². The maximum absolute atomic E-state index is 12.0. The first-order valence-electron chi connectivity index (χ1n) is 12.4. The van der Waals surface area contributed by atoms with E-state index in [9.17, 15) is 4.79 Å². The molecular weight excluding hydrogens is 355 g/mol. The van der Waals surface area contributed by atoms with Crippen molar-refractivity contribution >= 4 is 35.5 Å². The molecule has 0 saturated heterocycles. The summed E-state index contributed by atoms with van der Waals surface area (Å²) < 4.78 is 5.46. The maximum atomic E-state index is 12.0. The van der Waals surface area contributed by atoms with Gasteiger partial charge in [-0.05, 0) is 12.8 Å². The molecule has 0 aliphatic carbocycles. The van der Waals surface area contributed by atoms with Crippen molar-refractivity contribution in [1.82, 2.24) is 0 Å². The van der Waals surface area contributed by atoms with E-state index in [1.165, 1.54) is 109 Å². The predicted octanol–water partition coefficient (Wildman–Crippen LogP) is 7.97. The first-order valence-corrected chi connectivity index (χ1v) is 12.4. The van der Waals surface area contributed by atoms with Gasteiger partial charge in [-0.3, -0.25) is 4.79 Å². The second kappa shape index (κ2) is 25.5. The molecular formula is C25H51NaO2. The number of hydrogen-bond donors (Lipinski definition) is 0. The summed E-state index contributed by atoms with van der Waals surface area (Å²) in [7, 11) is 0. The number of esters is 1. The van der Waals surface area contributed by atoms with Crippen molar-refractivity contribution in [1.29, 1.82) is 0 Å². The van der Waals surface area contributed by atoms with Crippen molar-refractivity contribution in [3.05, 3.63) is 0 Å². The van der Waals surface area contributed by atoms with Crippen LogP contribution in [0.2, 0.25) is 0 Å². The van der Waals surface area contributed by atoms with Crippen molar-refractivity contribution in [2.24, 2.45) is 5.92 Å². The van der Waals surface area contributed by atoms with Crippen LogP contribution in [0, 0.1) is 5.92 Å². The number of carbonyl (C=O) groups excluding carboxylic acids is 1. The number of unbranched alkanes of at least 4 members (excludes halogenated alkanes) is 16. The zero-order chi connectivity index (χ0) is 20.0. The first-order chi connectivity index (χ1) is 13.2. The van der Waals surface area contributed by atoms with Gasteiger partial charge in [0.05, 0.1) is 12.5 Å². The Hall–Kier alpha value is 0.470. The Kier molecular flexibility index (Phi) is 27.9. The Labute approximate surface area is 199 Å². The van der Waals surface area contributed by atoms with E-state index in [4.69, 9.17) is 4.74 Å². The fourth-order valence-corrected chi connectivity index (χ4v) is 3.61. The average Bonchev–Trinajstić information content (AvgIpc) is 2.67. The van der Waals surface area contributed by atoms with E-state index < -0.39 is 0 Å². The van der Waals surface area contributed by atoms with Gasteiger partial charge in [-0.15, -0.1) is 0 Å². The van der Waals surface area contributed by atoms with Crippen molar-refractivity contribution < 1.29 is 9.53 Å². The molecule has 2 nitrogen and oxygen atoms in total. The van der Waals surface area contributed by atoms with Crippen LogP contribution in [0.3, 0.4) is 0 Å². The molecule has 0 amide bonds. The number of hydrogen-bond acceptors (Lipinski definition) is 2. The molecule has 0 aromatic carbocycles. The predicted molar refractivity (Wildman–Crippen MR) is 126 cm³/mol. The number of ether oxygens (including phenoxy) is 1. The van der Waals surface area contributed by atoms with E-state index in [2.05, 4.69) is 13.8 Å². The third kappa shape index (κ3) is 22.8. The van der Waals surface area contributed by atoms with Crippen LogP contribution in [0.25, 0.3) is 0 Å². The summed E-state index contributed by atoms with van der Waals surface area (Å²) in [5.74, 6) is 0.0992. The van der Waals surface area contributed by atoms with E-state index in [1.54, 1.807) is 0 Å². The molecule has 0 spiro atoms. The van der Waals surface area contributed by atoms with Gasteiger partial charge >= 0.3 is 35.5 Å². The summed E-state index contributed by atoms with van der Waals surface area (Å²) in [6.45, 7) is 7.18. The summed E-state index contributed by atoms with van der Waals surface area (Å²) in [6, 6.07) is 0. The van der Waals surface area contributed by atoms with E-state index in [1.807, 2.05) is 6.92 Å². The van der Waals surface area contributed by atoms with Gasteiger partial charge in [-0.1, -0.05) is 130 Å². The molecule has 164 valence electrons. The van der Waals surface area contributed by atoms with E-state index in [0.717, 1.165) is 12.8 Å². The minimum absolute atomic E-state index is 0. The monoisotopic (exact) mass is 406 g/mol. The molecule has 1 atom stereocenters. The van der Waals surface area contributed by atoms with Crippen LogP contribution < -0.4 is 0 Å². The van der Waals surface area contributed by atoms with Crippen LogP contribution in [0.5, 0.6) is 0 Å². The topological polar surface area (TPSA) is 26.3 Å². The van der Waals surface area contributed by atoms with Crippen LogP contribution >= 0.6 is 0 Å². The van der Waals surface area contributed by atoms with Gasteiger partial charge < -0.3 is 4.74 Å². The fraction of sp³-hybridized carbons (Fsp3) is 0.960. The molecule has 0 aromatic rings. The summed E-state index contributed by atoms with van der Waals surface area (Å²) in [4.78, 5) is 12.0. The first kappa shape index (κ1) is 30.7. The molecule has 0 saturated carbocycles. The Morgan fingerprint density at radius 3 is 1.39 bits per heavy atom. The minimum atomic E-state index is 0. The van der Waals surface area contributed by atoms with Crippen LogP contribution in [-0.2, 0) is 9.53 Å². The second-order valence-electron chi connectivity index (χ2n) is 8.51. The van der Waals surface area contributed by atoms with Gasteiger partial charge in [0.2, 0.25) is 0 Å². The zero-order valence-corrected chi connectivity index (χ0v) is 19.0. The van der Waals surface area contributed by atoms with Crippen molar-refractivity contribution in [3.63, 3.8) is 0 Å². The molecule has 0 bridgehead atoms. The third-order valence-electron chi connectivity index (χ3n) is 5.64. The summed E-state index contributed by atoms with van der Waals surface area (Å²) in [6.07, 6.45) is 24.7. The molecule has 0 aliphatic heterocycles. The van der Waals surface area contributed by atoms with Crippen LogP contribution in [0.4, 0.5) is 0 Å². The molecule has 3 heteroatoms. The van der Waals surface area contributed by atoms with Gasteiger partial charge in [-0.2, -0.15) is 0 Å². The van der Waals surface area contributed by atoms with E-state index in [-0.39, 0.29) is 41.4 Å². The third-order valence-corrected chi connectivity index (χ3v) is 5.64. The molecule has 0 fully saturated rings. The van der Waals surface area contributed by atoms with Crippen LogP contribution in [-0.4, -0.2) is 42.1 Å². The summed E-state index contributed by atoms with van der Waals surface area (Å²) in [5.41, 5.74) is 0. The Morgan fingerprint density at radius 2 is 0.964 bits per heavy atom. The Bertz CT molecular complexity index is 307. The molecule has 0 N–H and O–H groups in total. The van der Waals surface area contributed by atoms with E-state index in [0.29, 0.717) is 6.61 Å². The molecule has 0 aliphatic rings. The average molecular weight is 407 g/mol. The van der Waals surface area contributed by atoms with Crippen molar-refractivity contribution in [2.75, 3.05) is 6.61 Å². The quantitative estimate of drug-likeness (QED) is 0.110. The number of carbonyl (C=O) groups is 1. The van der Waals surface area contributed by atoms with Gasteiger partial charge in [0, 0.05) is 0 Å². The Balaban J connectivity index is 0. The van der Waals surface area contributed by atoms with Gasteiger partial charge in [-0.25, -0.2) is 0 Å². The Morgan fingerprint density at radius 1 is 0.607 bits per heavy atom. The summed E-state index contributed by atoms with van der Waals surface area (Å²) >= 11 is 0. The van der Waals surface area contributed by atoms with Crippen LogP contribution in [0.15, 0.2) is 0 Å². The zero-order valence-electron chi connectivity index (χ0n) is 19.0. The standard InChI is InChI=1S/C25H50O2.Na.H/c1-4-6-8-10-12-14-15-17-19-21-23-27-25(26)24(3)22-20-18-16-13-11-9-7-5-2;;/h24H,4-23H2,1-3H3;;. The fourth-order valence-electron chi connectivity index (χ4n) is 3.61. The molecule has 0 heterocycles. The van der Waals surface area contributed by atoms with Crippen molar-refractivity contribution in [2.45, 2.75) is 143 Å². The van der Waals surface area contributed by atoms with Crippen LogP contribution in [0.1, 0.15) is 143 Å². The molecule has 0 radical (unpaired) electrons. The molecule has 0 aromatic heterocycles. The second-order valence-corrected chi connectivity index (χ2v) is 8.51. The van der Waals surface area contributed by atoms with Gasteiger partial charge in [0.15, 0.2) is 0 Å². The van der Waals surface area contributed by atoms with Crippen molar-refractivity contribution in [3.8, 4) is 0 Å².